The third kappa shape index (κ3) is 4.83. The summed E-state index contributed by atoms with van der Waals surface area (Å²) in [6.07, 6.45) is 3.37. The monoisotopic (exact) mass is 505 g/mol. The van der Waals surface area contributed by atoms with Crippen molar-refractivity contribution in [2.45, 2.75) is 11.3 Å². The SMILES string of the molecule is O=C(C=Cc1ccc(S(=O)(=O)N2CCc3ccccc32)cc1)OCC(=O)c1ccc2c(c1)OCCO2. The summed E-state index contributed by atoms with van der Waals surface area (Å²) in [6, 6.07) is 18.5. The van der Waals surface area contributed by atoms with E-state index in [2.05, 4.69) is 0 Å². The van der Waals surface area contributed by atoms with Crippen LogP contribution in [-0.4, -0.2) is 46.5 Å². The second kappa shape index (κ2) is 9.87. The van der Waals surface area contributed by atoms with Crippen LogP contribution in [-0.2, 0) is 26.0 Å². The van der Waals surface area contributed by atoms with Gasteiger partial charge in [-0.2, -0.15) is 0 Å². The Balaban J connectivity index is 1.18. The summed E-state index contributed by atoms with van der Waals surface area (Å²) in [6.45, 7) is 0.844. The number of nitrogens with zero attached hydrogens (tertiary/aromatic N) is 1. The predicted octanol–water partition coefficient (Wildman–Crippen LogP) is 3.65. The molecule has 0 radical (unpaired) electrons. The molecule has 0 unspecified atom stereocenters. The fraction of sp³-hybridized carbons (Fsp3) is 0.185. The lowest BCUT2D eigenvalue weighted by atomic mass is 10.1. The maximum absolute atomic E-state index is 13.1. The van der Waals surface area contributed by atoms with E-state index in [1.807, 2.05) is 18.2 Å². The van der Waals surface area contributed by atoms with E-state index < -0.39 is 22.6 Å². The van der Waals surface area contributed by atoms with Crippen molar-refractivity contribution in [2.75, 3.05) is 30.7 Å². The summed E-state index contributed by atoms with van der Waals surface area (Å²) in [5.74, 6) is -0.00227. The summed E-state index contributed by atoms with van der Waals surface area (Å²) >= 11 is 0. The number of sulfonamides is 1. The molecule has 36 heavy (non-hydrogen) atoms. The largest absolute Gasteiger partial charge is 0.486 e. The number of fused-ring (bicyclic) bond motifs is 2. The lowest BCUT2D eigenvalue weighted by Crippen LogP contribution is -2.29. The quantitative estimate of drug-likeness (QED) is 0.275. The summed E-state index contributed by atoms with van der Waals surface area (Å²) in [5, 5.41) is 0. The molecule has 0 aliphatic carbocycles. The summed E-state index contributed by atoms with van der Waals surface area (Å²) < 4.78 is 43.6. The van der Waals surface area contributed by atoms with Crippen LogP contribution >= 0.6 is 0 Å². The Morgan fingerprint density at radius 1 is 0.944 bits per heavy atom. The molecule has 3 aromatic rings. The van der Waals surface area contributed by atoms with Gasteiger partial charge in [-0.1, -0.05) is 30.3 Å². The van der Waals surface area contributed by atoms with Crippen LogP contribution in [0.5, 0.6) is 11.5 Å². The van der Waals surface area contributed by atoms with E-state index >= 15 is 0 Å². The van der Waals surface area contributed by atoms with Crippen molar-refractivity contribution in [1.82, 2.24) is 0 Å². The number of hydrogen-bond donors (Lipinski definition) is 0. The Labute approximate surface area is 208 Å². The number of carbonyl (C=O) groups excluding carboxylic acids is 2. The zero-order valence-electron chi connectivity index (χ0n) is 19.3. The number of anilines is 1. The number of esters is 1. The van der Waals surface area contributed by atoms with Crippen molar-refractivity contribution in [3.8, 4) is 11.5 Å². The first-order valence-corrected chi connectivity index (χ1v) is 12.8. The molecule has 0 aromatic heterocycles. The van der Waals surface area contributed by atoms with Crippen LogP contribution in [0.15, 0.2) is 77.7 Å². The molecule has 3 aromatic carbocycles. The van der Waals surface area contributed by atoms with Gasteiger partial charge >= 0.3 is 5.97 Å². The number of Topliss-reactive ketones (excluding diaryl/α,β-unsaturated/α-hetero) is 1. The second-order valence-electron chi connectivity index (χ2n) is 8.25. The number of benzene rings is 3. The number of hydrogen-bond acceptors (Lipinski definition) is 7. The minimum atomic E-state index is -3.69. The Hall–Kier alpha value is -4.11. The second-order valence-corrected chi connectivity index (χ2v) is 10.1. The average molecular weight is 506 g/mol. The third-order valence-corrected chi connectivity index (χ3v) is 7.76. The topological polar surface area (TPSA) is 99.2 Å². The van der Waals surface area contributed by atoms with Gasteiger partial charge in [0, 0.05) is 18.2 Å². The Morgan fingerprint density at radius 2 is 1.69 bits per heavy atom. The molecule has 2 aliphatic heterocycles. The van der Waals surface area contributed by atoms with Gasteiger partial charge in [0.05, 0.1) is 10.6 Å². The van der Waals surface area contributed by atoms with Gasteiger partial charge in [-0.05, 0) is 60.0 Å². The molecule has 184 valence electrons. The van der Waals surface area contributed by atoms with Crippen molar-refractivity contribution in [3.05, 3.63) is 89.5 Å². The molecule has 2 aliphatic rings. The van der Waals surface area contributed by atoms with E-state index in [1.165, 1.54) is 28.6 Å². The van der Waals surface area contributed by atoms with Crippen molar-refractivity contribution >= 4 is 33.5 Å². The Kier molecular flexibility index (Phi) is 6.47. The smallest absolute Gasteiger partial charge is 0.331 e. The van der Waals surface area contributed by atoms with Crippen LogP contribution in [0.4, 0.5) is 5.69 Å². The van der Waals surface area contributed by atoms with Crippen molar-refractivity contribution < 1.29 is 32.2 Å². The maximum atomic E-state index is 13.1. The third-order valence-electron chi connectivity index (χ3n) is 5.93. The molecule has 0 amide bonds. The highest BCUT2D eigenvalue weighted by Gasteiger charge is 2.30. The molecule has 0 spiro atoms. The van der Waals surface area contributed by atoms with E-state index in [-0.39, 0.29) is 10.7 Å². The zero-order chi connectivity index (χ0) is 25.1. The van der Waals surface area contributed by atoms with Gasteiger partial charge in [0.2, 0.25) is 0 Å². The van der Waals surface area contributed by atoms with Crippen molar-refractivity contribution in [1.29, 1.82) is 0 Å². The van der Waals surface area contributed by atoms with Crippen LogP contribution < -0.4 is 13.8 Å². The van der Waals surface area contributed by atoms with Crippen molar-refractivity contribution in [2.24, 2.45) is 0 Å². The van der Waals surface area contributed by atoms with Crippen LogP contribution in [0.3, 0.4) is 0 Å². The first-order valence-electron chi connectivity index (χ1n) is 11.4. The van der Waals surface area contributed by atoms with Gasteiger partial charge in [0.1, 0.15) is 13.2 Å². The van der Waals surface area contributed by atoms with Gasteiger partial charge in [-0.25, -0.2) is 13.2 Å². The highest BCUT2D eigenvalue weighted by atomic mass is 32.2. The molecule has 0 saturated carbocycles. The van der Waals surface area contributed by atoms with E-state index in [4.69, 9.17) is 14.2 Å². The summed E-state index contributed by atoms with van der Waals surface area (Å²) in [7, 11) is -3.69. The van der Waals surface area contributed by atoms with Gasteiger partial charge < -0.3 is 14.2 Å². The standard InChI is InChI=1S/C27H23NO7S/c29-24(21-8-11-25-26(17-21)34-16-15-33-25)18-35-27(30)12-7-19-5-9-22(10-6-19)36(31,32)28-14-13-20-3-1-2-4-23(20)28/h1-12,17H,13-16,18H2. The molecule has 0 bridgehead atoms. The van der Waals surface area contributed by atoms with Gasteiger partial charge in [-0.15, -0.1) is 0 Å². The first kappa shape index (κ1) is 23.6. The van der Waals surface area contributed by atoms with Crippen LogP contribution in [0.1, 0.15) is 21.5 Å². The molecule has 8 nitrogen and oxygen atoms in total. The fourth-order valence-corrected chi connectivity index (χ4v) is 5.59. The highest BCUT2D eigenvalue weighted by Crippen LogP contribution is 2.33. The molecule has 2 heterocycles. The number of ether oxygens (including phenoxy) is 3. The highest BCUT2D eigenvalue weighted by molar-refractivity contribution is 7.92. The van der Waals surface area contributed by atoms with Gasteiger partial charge in [-0.3, -0.25) is 9.10 Å². The lowest BCUT2D eigenvalue weighted by Gasteiger charge is -2.19. The predicted molar refractivity (Wildman–Crippen MR) is 133 cm³/mol. The molecule has 0 N–H and O–H groups in total. The minimum Gasteiger partial charge on any atom is -0.486 e. The zero-order valence-corrected chi connectivity index (χ0v) is 20.1. The summed E-state index contributed by atoms with van der Waals surface area (Å²) in [4.78, 5) is 24.6. The molecule has 9 heteroatoms. The van der Waals surface area contributed by atoms with E-state index in [0.29, 0.717) is 54.5 Å². The number of ketones is 1. The Bertz CT molecular complexity index is 1450. The molecular formula is C27H23NO7S. The van der Waals surface area contributed by atoms with E-state index in [0.717, 1.165) is 5.56 Å². The lowest BCUT2D eigenvalue weighted by molar-refractivity contribution is -0.136. The van der Waals surface area contributed by atoms with Crippen LogP contribution in [0.2, 0.25) is 0 Å². The molecule has 0 saturated heterocycles. The van der Waals surface area contributed by atoms with E-state index in [9.17, 15) is 18.0 Å². The van der Waals surface area contributed by atoms with E-state index in [1.54, 1.807) is 36.4 Å². The molecular weight excluding hydrogens is 482 g/mol. The molecule has 5 rings (SSSR count). The van der Waals surface area contributed by atoms with Gasteiger partial charge in [0.25, 0.3) is 10.0 Å². The maximum Gasteiger partial charge on any atom is 0.331 e. The normalized spacial score (nSPS) is 14.5. The molecule has 0 atom stereocenters. The average Bonchev–Trinajstić information content (AvgIpc) is 3.35. The van der Waals surface area contributed by atoms with Crippen molar-refractivity contribution in [3.63, 3.8) is 0 Å². The fourth-order valence-electron chi connectivity index (χ4n) is 4.08. The first-order chi connectivity index (χ1) is 17.4. The summed E-state index contributed by atoms with van der Waals surface area (Å²) in [5.41, 5.74) is 2.68. The number of rotatable bonds is 7. The van der Waals surface area contributed by atoms with Gasteiger partial charge in [0.15, 0.2) is 23.9 Å². The number of para-hydroxylation sites is 1. The number of carbonyl (C=O) groups is 2. The minimum absolute atomic E-state index is 0.170. The van der Waals surface area contributed by atoms with Crippen LogP contribution in [0.25, 0.3) is 6.08 Å². The van der Waals surface area contributed by atoms with Crippen LogP contribution in [0, 0.1) is 0 Å². The molecule has 0 fully saturated rings. The Morgan fingerprint density at radius 3 is 2.50 bits per heavy atom.